The summed E-state index contributed by atoms with van der Waals surface area (Å²) < 4.78 is 23.9. The van der Waals surface area contributed by atoms with Crippen molar-refractivity contribution in [2.45, 2.75) is 411 Å². The van der Waals surface area contributed by atoms with Crippen molar-refractivity contribution < 1.29 is 32.9 Å². The van der Waals surface area contributed by atoms with Crippen molar-refractivity contribution in [1.29, 1.82) is 0 Å². The summed E-state index contributed by atoms with van der Waals surface area (Å²) in [6, 6.07) is -0.866. The first kappa shape index (κ1) is 88.2. The number of unbranched alkanes of at least 4 members (excludes halogenated alkanes) is 53. The fraction of sp³-hybridized carbons (Fsp3) is 0.864. The monoisotopic (exact) mass is 1280 g/mol. The molecule has 0 aliphatic heterocycles. The number of aliphatic hydroxyl groups excluding tert-OH is 1. The normalized spacial score (nSPS) is 13.8. The highest BCUT2D eigenvalue weighted by atomic mass is 31.2. The molecule has 90 heavy (non-hydrogen) atoms. The molecule has 0 bridgehead atoms. The quantitative estimate of drug-likeness (QED) is 0.0243. The first-order valence-electron chi connectivity index (χ1n) is 39.7. The Bertz CT molecular complexity index is 1650. The predicted octanol–water partition coefficient (Wildman–Crippen LogP) is 25.9. The van der Waals surface area contributed by atoms with Gasteiger partial charge in [0.2, 0.25) is 5.91 Å². The van der Waals surface area contributed by atoms with Gasteiger partial charge in [-0.2, -0.15) is 0 Å². The number of nitrogens with zero attached hydrogens (tertiary/aromatic N) is 1. The number of allylic oxidation sites excluding steroid dienone is 9. The molecule has 3 atom stereocenters. The summed E-state index contributed by atoms with van der Waals surface area (Å²) in [6.07, 6.45) is 99.9. The minimum Gasteiger partial charge on any atom is -0.387 e. The van der Waals surface area contributed by atoms with E-state index in [0.717, 1.165) is 51.4 Å². The van der Waals surface area contributed by atoms with Crippen molar-refractivity contribution >= 4 is 13.7 Å². The zero-order valence-electron chi connectivity index (χ0n) is 60.9. The molecule has 0 aromatic rings. The Labute approximate surface area is 562 Å². The van der Waals surface area contributed by atoms with Gasteiger partial charge in [0.1, 0.15) is 13.2 Å². The Morgan fingerprint density at radius 3 is 0.967 bits per heavy atom. The number of phosphoric acid groups is 1. The van der Waals surface area contributed by atoms with Gasteiger partial charge in [-0.25, -0.2) is 4.57 Å². The number of likely N-dealkylation sites (N-methyl/N-ethyl adjacent to an activating group) is 1. The van der Waals surface area contributed by atoms with Gasteiger partial charge < -0.3 is 19.8 Å². The number of carbonyl (C=O) groups is 1. The van der Waals surface area contributed by atoms with E-state index in [1.807, 2.05) is 27.2 Å². The van der Waals surface area contributed by atoms with E-state index in [-0.39, 0.29) is 19.1 Å². The molecule has 0 aromatic carbocycles. The Balaban J connectivity index is 3.99. The second kappa shape index (κ2) is 71.5. The molecule has 0 rings (SSSR count). The second-order valence-electron chi connectivity index (χ2n) is 28.4. The number of nitrogens with one attached hydrogen (secondary N) is 1. The second-order valence-corrected chi connectivity index (χ2v) is 29.9. The number of hydrogen-bond acceptors (Lipinski definition) is 5. The topological polar surface area (TPSA) is 105 Å². The maximum atomic E-state index is 13.1. The molecule has 0 aromatic heterocycles. The molecule has 3 unspecified atom stereocenters. The van der Waals surface area contributed by atoms with Gasteiger partial charge in [0, 0.05) is 6.42 Å². The number of carbonyl (C=O) groups excluding carboxylic acids is 1. The number of aliphatic hydroxyl groups is 1. The minimum absolute atomic E-state index is 0.0570. The standard InChI is InChI=1S/C81H155N2O6P/c1-6-8-10-12-14-16-18-20-22-24-26-28-30-32-34-36-38-39-40-41-42-43-45-47-49-51-53-55-57-59-61-63-65-67-69-71-73-75-81(85)82-79(78-89-90(86,87)88-77-76-83(3,4)5)80(84)74-72-70-68-66-64-62-60-58-56-54-52-50-48-46-44-37-35-33-31-29-27-25-23-21-19-17-15-13-11-9-7-2/h18,20,24,26,30,32,64,66,72,74,79-80,84H,6-17,19,21-23,25,27-29,31,33-63,65,67-71,73,75-78H2,1-5H3,(H-,82,85,86,87)/p+1/b20-18-,26-24-,32-30-,66-64+,74-72+. The maximum Gasteiger partial charge on any atom is 0.472 e. The summed E-state index contributed by atoms with van der Waals surface area (Å²) in [5.41, 5.74) is 0. The molecule has 0 saturated carbocycles. The fourth-order valence-electron chi connectivity index (χ4n) is 12.1. The Morgan fingerprint density at radius 2 is 0.644 bits per heavy atom. The van der Waals surface area contributed by atoms with Crippen LogP contribution in [0.15, 0.2) is 60.8 Å². The van der Waals surface area contributed by atoms with Crippen molar-refractivity contribution in [3.05, 3.63) is 60.8 Å². The molecule has 3 N–H and O–H groups in total. The van der Waals surface area contributed by atoms with E-state index in [1.165, 1.54) is 327 Å². The number of phosphoric ester groups is 1. The zero-order valence-corrected chi connectivity index (χ0v) is 61.8. The SMILES string of the molecule is CCCCCCC/C=C\C/C=C\C/C=C\CCCCCCCCCCCCCCCCCCCCCCCCC(=O)NC(COP(=O)(O)OCC[N+](C)(C)C)C(O)/C=C/CC/C=C/CCCCCCCCCCCCCCCCCCCCCCCCCCC. The van der Waals surface area contributed by atoms with Crippen LogP contribution in [-0.2, 0) is 18.4 Å². The van der Waals surface area contributed by atoms with Crippen LogP contribution < -0.4 is 5.32 Å². The van der Waals surface area contributed by atoms with Crippen LogP contribution >= 0.6 is 7.82 Å². The molecule has 9 heteroatoms. The van der Waals surface area contributed by atoms with Crippen molar-refractivity contribution in [2.24, 2.45) is 0 Å². The van der Waals surface area contributed by atoms with Crippen LogP contribution in [-0.4, -0.2) is 73.4 Å². The van der Waals surface area contributed by atoms with E-state index in [1.54, 1.807) is 6.08 Å². The van der Waals surface area contributed by atoms with Crippen LogP contribution in [0.1, 0.15) is 399 Å². The third kappa shape index (κ3) is 73.6. The van der Waals surface area contributed by atoms with Gasteiger partial charge in [0.15, 0.2) is 0 Å². The van der Waals surface area contributed by atoms with Crippen LogP contribution in [0.2, 0.25) is 0 Å². The highest BCUT2D eigenvalue weighted by Gasteiger charge is 2.28. The molecule has 0 aliphatic rings. The van der Waals surface area contributed by atoms with Gasteiger partial charge in [0.05, 0.1) is 39.9 Å². The molecular weight excluding hydrogens is 1130 g/mol. The number of hydrogen-bond donors (Lipinski definition) is 3. The zero-order chi connectivity index (χ0) is 65.5. The largest absolute Gasteiger partial charge is 0.472 e. The molecule has 530 valence electrons. The van der Waals surface area contributed by atoms with E-state index >= 15 is 0 Å². The highest BCUT2D eigenvalue weighted by Crippen LogP contribution is 2.43. The summed E-state index contributed by atoms with van der Waals surface area (Å²) in [5, 5.41) is 14.0. The van der Waals surface area contributed by atoms with Crippen LogP contribution in [0.5, 0.6) is 0 Å². The van der Waals surface area contributed by atoms with Gasteiger partial charge in [-0.3, -0.25) is 13.8 Å². The lowest BCUT2D eigenvalue weighted by atomic mass is 10.0. The van der Waals surface area contributed by atoms with Crippen LogP contribution in [0, 0.1) is 0 Å². The lowest BCUT2D eigenvalue weighted by Crippen LogP contribution is -2.45. The Morgan fingerprint density at radius 1 is 0.378 bits per heavy atom. The first-order chi connectivity index (χ1) is 44.0. The van der Waals surface area contributed by atoms with Gasteiger partial charge in [-0.15, -0.1) is 0 Å². The molecule has 0 aliphatic carbocycles. The highest BCUT2D eigenvalue weighted by molar-refractivity contribution is 7.47. The Kier molecular flexibility index (Phi) is 70.1. The predicted molar refractivity (Wildman–Crippen MR) is 397 cm³/mol. The molecule has 1 amide bonds. The molecule has 0 saturated heterocycles. The molecular formula is C81H156N2O6P+. The van der Waals surface area contributed by atoms with Gasteiger partial charge in [-0.05, 0) is 70.6 Å². The summed E-state index contributed by atoms with van der Waals surface area (Å²) >= 11 is 0. The van der Waals surface area contributed by atoms with Crippen molar-refractivity contribution in [2.75, 3.05) is 40.9 Å². The molecule has 0 radical (unpaired) electrons. The van der Waals surface area contributed by atoms with E-state index in [4.69, 9.17) is 9.05 Å². The molecule has 0 fully saturated rings. The fourth-order valence-corrected chi connectivity index (χ4v) is 12.8. The Hall–Kier alpha value is -1.80. The minimum atomic E-state index is -4.37. The average Bonchev–Trinajstić information content (AvgIpc) is 3.18. The van der Waals surface area contributed by atoms with Crippen LogP contribution in [0.3, 0.4) is 0 Å². The van der Waals surface area contributed by atoms with Crippen LogP contribution in [0.4, 0.5) is 0 Å². The lowest BCUT2D eigenvalue weighted by Gasteiger charge is -2.25. The third-order valence-electron chi connectivity index (χ3n) is 18.2. The maximum absolute atomic E-state index is 13.1. The number of amides is 1. The van der Waals surface area contributed by atoms with E-state index in [0.29, 0.717) is 17.4 Å². The average molecular weight is 1290 g/mol. The van der Waals surface area contributed by atoms with Gasteiger partial charge >= 0.3 is 7.82 Å². The molecule has 8 nitrogen and oxygen atoms in total. The van der Waals surface area contributed by atoms with Crippen LogP contribution in [0.25, 0.3) is 0 Å². The summed E-state index contributed by atoms with van der Waals surface area (Å²) in [6.45, 7) is 4.84. The van der Waals surface area contributed by atoms with Gasteiger partial charge in [-0.1, -0.05) is 383 Å². The summed E-state index contributed by atoms with van der Waals surface area (Å²) in [4.78, 5) is 23.5. The molecule has 0 spiro atoms. The van der Waals surface area contributed by atoms with E-state index in [9.17, 15) is 19.4 Å². The number of quaternary nitrogens is 1. The third-order valence-corrected chi connectivity index (χ3v) is 19.2. The van der Waals surface area contributed by atoms with E-state index in [2.05, 4.69) is 67.8 Å². The van der Waals surface area contributed by atoms with E-state index < -0.39 is 20.0 Å². The first-order valence-corrected chi connectivity index (χ1v) is 41.2. The molecule has 0 heterocycles. The van der Waals surface area contributed by atoms with Crippen molar-refractivity contribution in [3.63, 3.8) is 0 Å². The smallest absolute Gasteiger partial charge is 0.387 e. The van der Waals surface area contributed by atoms with Crippen molar-refractivity contribution in [1.82, 2.24) is 5.32 Å². The summed E-state index contributed by atoms with van der Waals surface area (Å²) in [7, 11) is 1.57. The van der Waals surface area contributed by atoms with Crippen molar-refractivity contribution in [3.8, 4) is 0 Å². The summed E-state index contributed by atoms with van der Waals surface area (Å²) in [5.74, 6) is -0.180. The van der Waals surface area contributed by atoms with Gasteiger partial charge in [0.25, 0.3) is 0 Å². The lowest BCUT2D eigenvalue weighted by molar-refractivity contribution is -0.870. The number of rotatable bonds is 74.